The van der Waals surface area contributed by atoms with E-state index in [0.717, 1.165) is 22.3 Å². The summed E-state index contributed by atoms with van der Waals surface area (Å²) < 4.78 is 0. The highest BCUT2D eigenvalue weighted by molar-refractivity contribution is 5.94. The number of aromatic nitrogens is 1. The first-order valence-electron chi connectivity index (χ1n) is 6.35. The molecule has 4 heteroatoms. The molecule has 2 rings (SSSR count). The first kappa shape index (κ1) is 13.5. The van der Waals surface area contributed by atoms with Crippen molar-refractivity contribution in [2.75, 3.05) is 18.5 Å². The Morgan fingerprint density at radius 3 is 2.63 bits per heavy atom. The maximum Gasteiger partial charge on any atom is 0.310 e. The Hall–Kier alpha value is -1.97. The van der Waals surface area contributed by atoms with Crippen LogP contribution >= 0.6 is 0 Å². The second-order valence-electron chi connectivity index (χ2n) is 5.69. The van der Waals surface area contributed by atoms with Crippen LogP contribution in [0.2, 0.25) is 0 Å². The highest BCUT2D eigenvalue weighted by atomic mass is 16.4. The minimum Gasteiger partial charge on any atom is -0.481 e. The van der Waals surface area contributed by atoms with Crippen LogP contribution in [0.5, 0.6) is 0 Å². The lowest BCUT2D eigenvalue weighted by Crippen LogP contribution is -2.37. The van der Waals surface area contributed by atoms with Gasteiger partial charge in [-0.05, 0) is 26.8 Å². The van der Waals surface area contributed by atoms with Crippen molar-refractivity contribution in [3.8, 4) is 0 Å². The van der Waals surface area contributed by atoms with E-state index in [-0.39, 0.29) is 0 Å². The number of H-pyrrole nitrogens is 1. The summed E-state index contributed by atoms with van der Waals surface area (Å²) in [7, 11) is 1.94. The molecule has 0 unspecified atom stereocenters. The maximum absolute atomic E-state index is 11.2. The molecule has 0 aliphatic rings. The number of fused-ring (bicyclic) bond motifs is 1. The number of rotatable bonds is 4. The predicted molar refractivity (Wildman–Crippen MR) is 77.7 cm³/mol. The summed E-state index contributed by atoms with van der Waals surface area (Å²) in [5.41, 5.74) is 2.43. The molecule has 0 radical (unpaired) electrons. The molecule has 0 atom stereocenters. The highest BCUT2D eigenvalue weighted by Crippen LogP contribution is 2.31. The van der Waals surface area contributed by atoms with Crippen LogP contribution in [0.3, 0.4) is 0 Å². The summed E-state index contributed by atoms with van der Waals surface area (Å²) in [4.78, 5) is 16.6. The molecule has 4 nitrogen and oxygen atoms in total. The van der Waals surface area contributed by atoms with E-state index in [1.165, 1.54) is 0 Å². The van der Waals surface area contributed by atoms with Gasteiger partial charge < -0.3 is 15.0 Å². The number of nitrogens with zero attached hydrogens (tertiary/aromatic N) is 1. The van der Waals surface area contributed by atoms with Gasteiger partial charge in [-0.15, -0.1) is 0 Å². The zero-order valence-corrected chi connectivity index (χ0v) is 11.8. The van der Waals surface area contributed by atoms with Crippen molar-refractivity contribution in [2.24, 2.45) is 5.41 Å². The number of aliphatic carboxylic acids is 1. The van der Waals surface area contributed by atoms with E-state index in [1.54, 1.807) is 13.8 Å². The summed E-state index contributed by atoms with van der Waals surface area (Å²) in [6.07, 6.45) is 0. The van der Waals surface area contributed by atoms with Crippen LogP contribution in [0.1, 0.15) is 19.5 Å². The van der Waals surface area contributed by atoms with Crippen molar-refractivity contribution >= 4 is 22.6 Å². The monoisotopic (exact) mass is 260 g/mol. The second kappa shape index (κ2) is 4.61. The van der Waals surface area contributed by atoms with E-state index in [4.69, 9.17) is 0 Å². The van der Waals surface area contributed by atoms with Gasteiger partial charge in [0.2, 0.25) is 0 Å². The molecule has 0 aliphatic heterocycles. The molecule has 0 saturated heterocycles. The van der Waals surface area contributed by atoms with E-state index in [0.29, 0.717) is 6.54 Å². The lowest BCUT2D eigenvalue weighted by Gasteiger charge is -2.28. The Morgan fingerprint density at radius 1 is 1.37 bits per heavy atom. The lowest BCUT2D eigenvalue weighted by molar-refractivity contribution is -0.146. The smallest absolute Gasteiger partial charge is 0.310 e. The number of aryl methyl sites for hydroxylation is 1. The van der Waals surface area contributed by atoms with Crippen molar-refractivity contribution in [3.05, 3.63) is 30.0 Å². The van der Waals surface area contributed by atoms with Crippen LogP contribution in [0.4, 0.5) is 5.69 Å². The number of hydrogen-bond donors (Lipinski definition) is 2. The van der Waals surface area contributed by atoms with Crippen molar-refractivity contribution in [3.63, 3.8) is 0 Å². The third kappa shape index (κ3) is 2.43. The molecule has 2 aromatic rings. The quantitative estimate of drug-likeness (QED) is 0.888. The Morgan fingerprint density at radius 2 is 2.00 bits per heavy atom. The number of aromatic amines is 1. The van der Waals surface area contributed by atoms with Gasteiger partial charge in [0.25, 0.3) is 0 Å². The predicted octanol–water partition coefficient (Wildman–Crippen LogP) is 3.02. The van der Waals surface area contributed by atoms with E-state index < -0.39 is 11.4 Å². The largest absolute Gasteiger partial charge is 0.481 e. The molecule has 0 bridgehead atoms. The van der Waals surface area contributed by atoms with E-state index in [2.05, 4.69) is 11.1 Å². The van der Waals surface area contributed by atoms with Crippen molar-refractivity contribution in [1.29, 1.82) is 0 Å². The van der Waals surface area contributed by atoms with Gasteiger partial charge in [-0.1, -0.05) is 18.2 Å². The maximum atomic E-state index is 11.2. The van der Waals surface area contributed by atoms with E-state index in [1.807, 2.05) is 37.1 Å². The minimum absolute atomic E-state index is 0.463. The summed E-state index contributed by atoms with van der Waals surface area (Å²) in [5.74, 6) is -0.781. The van der Waals surface area contributed by atoms with Gasteiger partial charge in [0.05, 0.1) is 11.1 Å². The molecule has 0 fully saturated rings. The van der Waals surface area contributed by atoms with Gasteiger partial charge in [0.15, 0.2) is 0 Å². The van der Waals surface area contributed by atoms with Gasteiger partial charge in [0.1, 0.15) is 0 Å². The van der Waals surface area contributed by atoms with Crippen LogP contribution in [-0.4, -0.2) is 29.7 Å². The molecule has 0 aliphatic carbocycles. The SMILES string of the molecule is Cc1[nH]c2ccccc2c1N(C)CC(C)(C)C(=O)O. The molecular formula is C15H20N2O2. The fourth-order valence-corrected chi connectivity index (χ4v) is 2.49. The number of para-hydroxylation sites is 1. The van der Waals surface area contributed by atoms with Gasteiger partial charge in [0, 0.05) is 30.2 Å². The average molecular weight is 260 g/mol. The molecule has 0 amide bonds. The van der Waals surface area contributed by atoms with Crippen LogP contribution in [0, 0.1) is 12.3 Å². The topological polar surface area (TPSA) is 56.3 Å². The fraction of sp³-hybridized carbons (Fsp3) is 0.400. The standard InChI is InChI=1S/C15H20N2O2/c1-10-13(11-7-5-6-8-12(11)16-10)17(4)9-15(2,3)14(18)19/h5-8,16H,9H2,1-4H3,(H,18,19). The average Bonchev–Trinajstić information content (AvgIpc) is 2.63. The number of anilines is 1. The number of carboxylic acids is 1. The van der Waals surface area contributed by atoms with Gasteiger partial charge in [-0.3, -0.25) is 4.79 Å². The molecule has 0 saturated carbocycles. The Balaban J connectivity index is 2.39. The van der Waals surface area contributed by atoms with E-state index >= 15 is 0 Å². The van der Waals surface area contributed by atoms with Crippen LogP contribution < -0.4 is 4.90 Å². The molecule has 1 heterocycles. The second-order valence-corrected chi connectivity index (χ2v) is 5.69. The fourth-order valence-electron chi connectivity index (χ4n) is 2.49. The third-order valence-electron chi connectivity index (χ3n) is 3.45. The number of hydrogen-bond acceptors (Lipinski definition) is 2. The zero-order valence-electron chi connectivity index (χ0n) is 11.8. The van der Waals surface area contributed by atoms with Crippen LogP contribution in [0.15, 0.2) is 24.3 Å². The number of benzene rings is 1. The highest BCUT2D eigenvalue weighted by Gasteiger charge is 2.29. The number of carboxylic acid groups (broad SMARTS) is 1. The summed E-state index contributed by atoms with van der Waals surface area (Å²) in [6, 6.07) is 8.07. The Kier molecular flexibility index (Phi) is 3.27. The molecule has 1 aromatic carbocycles. The number of nitrogens with one attached hydrogen (secondary N) is 1. The van der Waals surface area contributed by atoms with Crippen LogP contribution in [0.25, 0.3) is 10.9 Å². The lowest BCUT2D eigenvalue weighted by atomic mass is 9.93. The summed E-state index contributed by atoms with van der Waals surface area (Å²) in [6.45, 7) is 5.97. The Labute approximate surface area is 113 Å². The van der Waals surface area contributed by atoms with Crippen molar-refractivity contribution < 1.29 is 9.90 Å². The third-order valence-corrected chi connectivity index (χ3v) is 3.45. The Bertz CT molecular complexity index is 614. The molecule has 19 heavy (non-hydrogen) atoms. The number of carbonyl (C=O) groups is 1. The molecule has 2 N–H and O–H groups in total. The molecule has 102 valence electrons. The van der Waals surface area contributed by atoms with Crippen molar-refractivity contribution in [1.82, 2.24) is 4.98 Å². The molecule has 1 aromatic heterocycles. The first-order valence-corrected chi connectivity index (χ1v) is 6.35. The molecule has 0 spiro atoms. The first-order chi connectivity index (χ1) is 8.83. The summed E-state index contributed by atoms with van der Waals surface area (Å²) in [5, 5.41) is 10.4. The molecular weight excluding hydrogens is 240 g/mol. The van der Waals surface area contributed by atoms with E-state index in [9.17, 15) is 9.90 Å². The zero-order chi connectivity index (χ0) is 14.2. The normalized spacial score (nSPS) is 11.8. The summed E-state index contributed by atoms with van der Waals surface area (Å²) >= 11 is 0. The van der Waals surface area contributed by atoms with Gasteiger partial charge in [-0.25, -0.2) is 0 Å². The van der Waals surface area contributed by atoms with Crippen LogP contribution in [-0.2, 0) is 4.79 Å². The van der Waals surface area contributed by atoms with Crippen molar-refractivity contribution in [2.45, 2.75) is 20.8 Å². The van der Waals surface area contributed by atoms with Gasteiger partial charge in [-0.2, -0.15) is 0 Å². The minimum atomic E-state index is -0.781. The van der Waals surface area contributed by atoms with Gasteiger partial charge >= 0.3 is 5.97 Å².